The molecule has 3 rings (SSSR count). The summed E-state index contributed by atoms with van der Waals surface area (Å²) >= 11 is 0. The summed E-state index contributed by atoms with van der Waals surface area (Å²) in [5.74, 6) is 1.33. The molecule has 1 saturated carbocycles. The van der Waals surface area contributed by atoms with Gasteiger partial charge in [-0.25, -0.2) is 0 Å². The third-order valence-corrected chi connectivity index (χ3v) is 3.98. The van der Waals surface area contributed by atoms with Crippen LogP contribution in [0.1, 0.15) is 36.8 Å². The SMILES string of the molecule is Cc1cccc(C)c1Nc1cnnc(NC2CCCC2)n1. The maximum absolute atomic E-state index is 4.52. The van der Waals surface area contributed by atoms with E-state index in [2.05, 4.69) is 57.9 Å². The summed E-state index contributed by atoms with van der Waals surface area (Å²) in [6, 6.07) is 6.71. The van der Waals surface area contributed by atoms with Gasteiger partial charge in [-0.15, -0.1) is 5.10 Å². The molecule has 1 aromatic heterocycles. The molecule has 5 nitrogen and oxygen atoms in total. The van der Waals surface area contributed by atoms with Crippen molar-refractivity contribution in [2.24, 2.45) is 0 Å². The molecule has 110 valence electrons. The molecule has 1 aliphatic rings. The molecule has 0 amide bonds. The van der Waals surface area contributed by atoms with Crippen molar-refractivity contribution in [3.8, 4) is 0 Å². The maximum atomic E-state index is 4.52. The number of aryl methyl sites for hydroxylation is 2. The highest BCUT2D eigenvalue weighted by atomic mass is 15.3. The van der Waals surface area contributed by atoms with Crippen molar-refractivity contribution < 1.29 is 0 Å². The lowest BCUT2D eigenvalue weighted by atomic mass is 10.1. The van der Waals surface area contributed by atoms with Crippen LogP contribution in [0.2, 0.25) is 0 Å². The second-order valence-corrected chi connectivity index (χ2v) is 5.68. The Morgan fingerprint density at radius 1 is 1.10 bits per heavy atom. The number of para-hydroxylation sites is 1. The topological polar surface area (TPSA) is 62.7 Å². The summed E-state index contributed by atoms with van der Waals surface area (Å²) in [4.78, 5) is 4.52. The van der Waals surface area contributed by atoms with Gasteiger partial charge in [-0.2, -0.15) is 10.1 Å². The number of rotatable bonds is 4. The Kier molecular flexibility index (Phi) is 3.99. The van der Waals surface area contributed by atoms with Crippen molar-refractivity contribution >= 4 is 17.5 Å². The summed E-state index contributed by atoms with van der Waals surface area (Å²) in [5, 5.41) is 14.8. The Hall–Kier alpha value is -2.17. The van der Waals surface area contributed by atoms with Gasteiger partial charge in [-0.1, -0.05) is 31.0 Å². The van der Waals surface area contributed by atoms with Gasteiger partial charge in [0, 0.05) is 11.7 Å². The molecular weight excluding hydrogens is 262 g/mol. The fourth-order valence-electron chi connectivity index (χ4n) is 2.82. The van der Waals surface area contributed by atoms with Gasteiger partial charge in [0.1, 0.15) is 0 Å². The number of benzene rings is 1. The third-order valence-electron chi connectivity index (χ3n) is 3.98. The van der Waals surface area contributed by atoms with Crippen LogP contribution in [0.3, 0.4) is 0 Å². The Morgan fingerprint density at radius 3 is 2.52 bits per heavy atom. The third kappa shape index (κ3) is 3.29. The molecule has 0 atom stereocenters. The lowest BCUT2D eigenvalue weighted by Crippen LogP contribution is -2.17. The molecule has 5 heteroatoms. The van der Waals surface area contributed by atoms with E-state index in [0.717, 1.165) is 11.5 Å². The zero-order valence-corrected chi connectivity index (χ0v) is 12.6. The first-order valence-corrected chi connectivity index (χ1v) is 7.52. The van der Waals surface area contributed by atoms with Crippen LogP contribution in [0.4, 0.5) is 17.5 Å². The molecule has 0 bridgehead atoms. The first-order valence-electron chi connectivity index (χ1n) is 7.52. The number of hydrogen-bond donors (Lipinski definition) is 2. The summed E-state index contributed by atoms with van der Waals surface area (Å²) < 4.78 is 0. The Balaban J connectivity index is 1.76. The van der Waals surface area contributed by atoms with E-state index in [1.165, 1.54) is 36.8 Å². The Bertz CT molecular complexity index is 600. The van der Waals surface area contributed by atoms with Crippen LogP contribution < -0.4 is 10.6 Å². The van der Waals surface area contributed by atoms with Crippen molar-refractivity contribution in [2.75, 3.05) is 10.6 Å². The van der Waals surface area contributed by atoms with Crippen LogP contribution in [0.15, 0.2) is 24.4 Å². The van der Waals surface area contributed by atoms with Gasteiger partial charge < -0.3 is 10.6 Å². The normalized spacial score (nSPS) is 15.1. The largest absolute Gasteiger partial charge is 0.350 e. The van der Waals surface area contributed by atoms with Crippen LogP contribution in [0, 0.1) is 13.8 Å². The van der Waals surface area contributed by atoms with Gasteiger partial charge in [-0.05, 0) is 37.8 Å². The van der Waals surface area contributed by atoms with E-state index >= 15 is 0 Å². The van der Waals surface area contributed by atoms with Gasteiger partial charge in [0.05, 0.1) is 6.20 Å². The highest BCUT2D eigenvalue weighted by Crippen LogP contribution is 2.24. The lowest BCUT2D eigenvalue weighted by Gasteiger charge is -2.14. The number of aromatic nitrogens is 3. The quantitative estimate of drug-likeness (QED) is 0.898. The Morgan fingerprint density at radius 2 is 1.81 bits per heavy atom. The van der Waals surface area contributed by atoms with E-state index in [0.29, 0.717) is 12.0 Å². The molecule has 0 saturated heterocycles. The van der Waals surface area contributed by atoms with E-state index < -0.39 is 0 Å². The molecule has 1 aliphatic carbocycles. The minimum absolute atomic E-state index is 0.488. The molecule has 2 aromatic rings. The smallest absolute Gasteiger partial charge is 0.244 e. The minimum Gasteiger partial charge on any atom is -0.350 e. The molecule has 1 fully saturated rings. The highest BCUT2D eigenvalue weighted by molar-refractivity contribution is 5.64. The predicted molar refractivity (Wildman–Crippen MR) is 84.9 cm³/mol. The van der Waals surface area contributed by atoms with Gasteiger partial charge in [0.2, 0.25) is 5.95 Å². The van der Waals surface area contributed by atoms with E-state index in [1.807, 2.05) is 0 Å². The van der Waals surface area contributed by atoms with Crippen molar-refractivity contribution in [3.05, 3.63) is 35.5 Å². The highest BCUT2D eigenvalue weighted by Gasteiger charge is 2.16. The minimum atomic E-state index is 0.488. The number of hydrogen-bond acceptors (Lipinski definition) is 5. The van der Waals surface area contributed by atoms with Gasteiger partial charge >= 0.3 is 0 Å². The first-order chi connectivity index (χ1) is 10.2. The number of anilines is 3. The number of nitrogens with zero attached hydrogens (tertiary/aromatic N) is 3. The number of nitrogens with one attached hydrogen (secondary N) is 2. The summed E-state index contributed by atoms with van der Waals surface area (Å²) in [7, 11) is 0. The fourth-order valence-corrected chi connectivity index (χ4v) is 2.82. The summed E-state index contributed by atoms with van der Waals surface area (Å²) in [5.41, 5.74) is 3.47. The molecule has 1 aromatic carbocycles. The first kappa shape index (κ1) is 13.8. The van der Waals surface area contributed by atoms with Crippen LogP contribution in [0.5, 0.6) is 0 Å². The second-order valence-electron chi connectivity index (χ2n) is 5.68. The molecule has 0 aliphatic heterocycles. The van der Waals surface area contributed by atoms with Crippen molar-refractivity contribution in [1.82, 2.24) is 15.2 Å². The van der Waals surface area contributed by atoms with Crippen molar-refractivity contribution in [1.29, 1.82) is 0 Å². The van der Waals surface area contributed by atoms with Crippen LogP contribution >= 0.6 is 0 Å². The summed E-state index contributed by atoms with van der Waals surface area (Å²) in [6.45, 7) is 4.17. The zero-order chi connectivity index (χ0) is 14.7. The molecule has 0 spiro atoms. The average Bonchev–Trinajstić information content (AvgIpc) is 2.96. The maximum Gasteiger partial charge on any atom is 0.244 e. The summed E-state index contributed by atoms with van der Waals surface area (Å²) in [6.07, 6.45) is 6.61. The molecule has 21 heavy (non-hydrogen) atoms. The van der Waals surface area contributed by atoms with Crippen molar-refractivity contribution in [2.45, 2.75) is 45.6 Å². The molecule has 0 unspecified atom stereocenters. The van der Waals surface area contributed by atoms with E-state index in [1.54, 1.807) is 6.20 Å². The molecule has 0 radical (unpaired) electrons. The van der Waals surface area contributed by atoms with Gasteiger partial charge in [0.25, 0.3) is 0 Å². The van der Waals surface area contributed by atoms with Crippen LogP contribution in [0.25, 0.3) is 0 Å². The standard InChI is InChI=1S/C16H21N5/c1-11-6-5-7-12(2)15(11)19-14-10-17-21-16(20-14)18-13-8-3-4-9-13/h5-7,10,13H,3-4,8-9H2,1-2H3,(H2,18,19,20,21). The van der Waals surface area contributed by atoms with E-state index in [4.69, 9.17) is 0 Å². The van der Waals surface area contributed by atoms with Crippen LogP contribution in [-0.2, 0) is 0 Å². The fraction of sp³-hybridized carbons (Fsp3) is 0.438. The van der Waals surface area contributed by atoms with E-state index in [9.17, 15) is 0 Å². The van der Waals surface area contributed by atoms with Crippen LogP contribution in [-0.4, -0.2) is 21.2 Å². The van der Waals surface area contributed by atoms with E-state index in [-0.39, 0.29) is 0 Å². The zero-order valence-electron chi connectivity index (χ0n) is 12.6. The molecular formula is C16H21N5. The van der Waals surface area contributed by atoms with Crippen molar-refractivity contribution in [3.63, 3.8) is 0 Å². The monoisotopic (exact) mass is 283 g/mol. The Labute approximate surface area is 125 Å². The molecule has 2 N–H and O–H groups in total. The lowest BCUT2D eigenvalue weighted by molar-refractivity contribution is 0.738. The second kappa shape index (κ2) is 6.08. The predicted octanol–water partition coefficient (Wildman–Crippen LogP) is 3.59. The molecule has 1 heterocycles. The average molecular weight is 283 g/mol. The van der Waals surface area contributed by atoms with Gasteiger partial charge in [0.15, 0.2) is 5.82 Å². The van der Waals surface area contributed by atoms with Gasteiger partial charge in [-0.3, -0.25) is 0 Å².